The number of fused-ring (bicyclic) bond motifs is 3. The van der Waals surface area contributed by atoms with Gasteiger partial charge in [0.2, 0.25) is 0 Å². The number of morpholine rings is 1. The number of aliphatic hydroxyl groups excluding tert-OH is 1. The first-order valence-electron chi connectivity index (χ1n) is 7.85. The fourth-order valence-electron chi connectivity index (χ4n) is 5.04. The van der Waals surface area contributed by atoms with Crippen molar-refractivity contribution < 1.29 is 9.84 Å². The van der Waals surface area contributed by atoms with E-state index in [2.05, 4.69) is 4.90 Å². The largest absolute Gasteiger partial charge is 0.390 e. The molecule has 0 aromatic heterocycles. The molecule has 2 aliphatic heterocycles. The number of hydrogen-bond acceptors (Lipinski definition) is 3. The van der Waals surface area contributed by atoms with Crippen LogP contribution in [0.1, 0.15) is 38.5 Å². The molecule has 6 unspecified atom stereocenters. The molecule has 2 saturated heterocycles. The predicted molar refractivity (Wildman–Crippen MR) is 69.3 cm³/mol. The Bertz CT molecular complexity index is 322. The summed E-state index contributed by atoms with van der Waals surface area (Å²) in [5, 5.41) is 10.7. The Morgan fingerprint density at radius 3 is 2.89 bits per heavy atom. The molecule has 0 radical (unpaired) electrons. The van der Waals surface area contributed by atoms with Gasteiger partial charge in [-0.15, -0.1) is 0 Å². The zero-order valence-corrected chi connectivity index (χ0v) is 11.1. The van der Waals surface area contributed by atoms with Gasteiger partial charge >= 0.3 is 0 Å². The van der Waals surface area contributed by atoms with E-state index in [-0.39, 0.29) is 12.2 Å². The van der Waals surface area contributed by atoms with Crippen molar-refractivity contribution >= 4 is 0 Å². The third kappa shape index (κ3) is 1.83. The van der Waals surface area contributed by atoms with Crippen molar-refractivity contribution in [1.82, 2.24) is 4.90 Å². The van der Waals surface area contributed by atoms with Crippen molar-refractivity contribution in [2.24, 2.45) is 17.8 Å². The second kappa shape index (κ2) is 4.46. The van der Waals surface area contributed by atoms with Crippen molar-refractivity contribution in [3.05, 3.63) is 0 Å². The van der Waals surface area contributed by atoms with E-state index in [0.29, 0.717) is 12.0 Å². The molecule has 6 atom stereocenters. The minimum atomic E-state index is -0.207. The monoisotopic (exact) mass is 251 g/mol. The molecule has 4 aliphatic rings. The zero-order chi connectivity index (χ0) is 12.1. The first kappa shape index (κ1) is 11.7. The van der Waals surface area contributed by atoms with Gasteiger partial charge in [0.25, 0.3) is 0 Å². The van der Waals surface area contributed by atoms with E-state index < -0.39 is 0 Å². The highest BCUT2D eigenvalue weighted by molar-refractivity contribution is 4.97. The Kier molecular flexibility index (Phi) is 2.90. The Balaban J connectivity index is 1.41. The van der Waals surface area contributed by atoms with Gasteiger partial charge in [-0.25, -0.2) is 0 Å². The van der Waals surface area contributed by atoms with Crippen LogP contribution in [0.4, 0.5) is 0 Å². The molecule has 0 amide bonds. The number of rotatable bonds is 2. The smallest absolute Gasteiger partial charge is 0.0964 e. The van der Waals surface area contributed by atoms with Crippen molar-refractivity contribution in [2.75, 3.05) is 19.7 Å². The summed E-state index contributed by atoms with van der Waals surface area (Å²) in [4.78, 5) is 2.55. The molecule has 2 heterocycles. The summed E-state index contributed by atoms with van der Waals surface area (Å²) >= 11 is 0. The lowest BCUT2D eigenvalue weighted by Crippen LogP contribution is -2.52. The molecule has 102 valence electrons. The molecule has 2 saturated carbocycles. The predicted octanol–water partition coefficient (Wildman–Crippen LogP) is 1.65. The van der Waals surface area contributed by atoms with Crippen LogP contribution in [0.25, 0.3) is 0 Å². The van der Waals surface area contributed by atoms with E-state index >= 15 is 0 Å². The van der Waals surface area contributed by atoms with Crippen molar-refractivity contribution in [3.8, 4) is 0 Å². The first-order valence-corrected chi connectivity index (χ1v) is 7.85. The maximum atomic E-state index is 10.7. The fourth-order valence-corrected chi connectivity index (χ4v) is 5.04. The summed E-state index contributed by atoms with van der Waals surface area (Å²) in [6.07, 6.45) is 7.88. The highest BCUT2D eigenvalue weighted by Crippen LogP contribution is 2.50. The first-order chi connectivity index (χ1) is 8.81. The third-order valence-corrected chi connectivity index (χ3v) is 6.03. The van der Waals surface area contributed by atoms with Gasteiger partial charge in [-0.1, -0.05) is 6.42 Å². The molecular formula is C15H25NO2. The third-order valence-electron chi connectivity index (χ3n) is 6.03. The van der Waals surface area contributed by atoms with Gasteiger partial charge in [-0.05, 0) is 56.4 Å². The number of aliphatic hydroxyl groups is 1. The highest BCUT2D eigenvalue weighted by atomic mass is 16.5. The van der Waals surface area contributed by atoms with Crippen LogP contribution in [0.2, 0.25) is 0 Å². The number of hydrogen-bond donors (Lipinski definition) is 1. The second-order valence-corrected chi connectivity index (χ2v) is 6.99. The zero-order valence-electron chi connectivity index (χ0n) is 11.1. The van der Waals surface area contributed by atoms with Crippen molar-refractivity contribution in [3.63, 3.8) is 0 Å². The Labute approximate surface area is 109 Å². The number of nitrogens with zero attached hydrogens (tertiary/aromatic N) is 1. The van der Waals surface area contributed by atoms with E-state index in [1.54, 1.807) is 0 Å². The molecule has 3 heteroatoms. The Hall–Kier alpha value is -0.120. The highest BCUT2D eigenvalue weighted by Gasteiger charge is 2.46. The summed E-state index contributed by atoms with van der Waals surface area (Å²) in [5.74, 6) is 2.25. The van der Waals surface area contributed by atoms with Crippen LogP contribution in [0.15, 0.2) is 0 Å². The average Bonchev–Trinajstić information content (AvgIpc) is 3.12. The molecule has 3 nitrogen and oxygen atoms in total. The molecule has 4 fully saturated rings. The summed E-state index contributed by atoms with van der Waals surface area (Å²) < 4.78 is 5.98. The standard InChI is InChI=1S/C15H25NO2/c17-15(13-7-10-3-4-11(13)6-10)14-8-16-5-1-2-12(16)9-18-14/h10-15,17H,1-9H2. The van der Waals surface area contributed by atoms with Crippen molar-refractivity contribution in [1.29, 1.82) is 0 Å². The van der Waals surface area contributed by atoms with E-state index in [1.807, 2.05) is 0 Å². The summed E-state index contributed by atoms with van der Waals surface area (Å²) in [6, 6.07) is 0.647. The van der Waals surface area contributed by atoms with Crippen LogP contribution in [-0.4, -0.2) is 48.0 Å². The van der Waals surface area contributed by atoms with Crippen LogP contribution >= 0.6 is 0 Å². The molecule has 1 N–H and O–H groups in total. The van der Waals surface area contributed by atoms with Gasteiger partial charge in [-0.2, -0.15) is 0 Å². The molecule has 0 aromatic carbocycles. The lowest BCUT2D eigenvalue weighted by Gasteiger charge is -2.40. The Morgan fingerprint density at radius 2 is 2.11 bits per heavy atom. The lowest BCUT2D eigenvalue weighted by molar-refractivity contribution is -0.123. The van der Waals surface area contributed by atoms with Gasteiger partial charge in [-0.3, -0.25) is 4.90 Å². The lowest BCUT2D eigenvalue weighted by atomic mass is 9.82. The molecule has 0 spiro atoms. The second-order valence-electron chi connectivity index (χ2n) is 6.99. The fraction of sp³-hybridized carbons (Fsp3) is 1.00. The van der Waals surface area contributed by atoms with Gasteiger partial charge in [0, 0.05) is 12.6 Å². The summed E-state index contributed by atoms with van der Waals surface area (Å²) in [5.41, 5.74) is 0. The number of ether oxygens (including phenoxy) is 1. The van der Waals surface area contributed by atoms with Gasteiger partial charge in [0.05, 0.1) is 18.8 Å². The van der Waals surface area contributed by atoms with Crippen LogP contribution in [0.3, 0.4) is 0 Å². The quantitative estimate of drug-likeness (QED) is 0.810. The van der Waals surface area contributed by atoms with Crippen LogP contribution in [-0.2, 0) is 4.74 Å². The molecule has 18 heavy (non-hydrogen) atoms. The summed E-state index contributed by atoms with van der Waals surface area (Å²) in [7, 11) is 0. The van der Waals surface area contributed by atoms with Gasteiger partial charge < -0.3 is 9.84 Å². The van der Waals surface area contributed by atoms with Crippen molar-refractivity contribution in [2.45, 2.75) is 56.8 Å². The minimum absolute atomic E-state index is 0.0868. The topological polar surface area (TPSA) is 32.7 Å². The normalized spacial score (nSPS) is 49.5. The molecule has 2 bridgehead atoms. The van der Waals surface area contributed by atoms with Gasteiger partial charge in [0.15, 0.2) is 0 Å². The van der Waals surface area contributed by atoms with E-state index in [4.69, 9.17) is 4.74 Å². The van der Waals surface area contributed by atoms with Crippen LogP contribution < -0.4 is 0 Å². The maximum absolute atomic E-state index is 10.7. The Morgan fingerprint density at radius 1 is 1.17 bits per heavy atom. The van der Waals surface area contributed by atoms with E-state index in [9.17, 15) is 5.11 Å². The average molecular weight is 251 g/mol. The van der Waals surface area contributed by atoms with E-state index in [0.717, 1.165) is 25.0 Å². The molecule has 4 rings (SSSR count). The van der Waals surface area contributed by atoms with Crippen LogP contribution in [0.5, 0.6) is 0 Å². The van der Waals surface area contributed by atoms with E-state index in [1.165, 1.54) is 45.1 Å². The summed E-state index contributed by atoms with van der Waals surface area (Å²) in [6.45, 7) is 3.04. The van der Waals surface area contributed by atoms with Crippen LogP contribution in [0, 0.1) is 17.8 Å². The SMILES string of the molecule is OC(C1CN2CCCC2CO1)C1CC2CCC1C2. The van der Waals surface area contributed by atoms with Gasteiger partial charge in [0.1, 0.15) is 0 Å². The molecule has 2 aliphatic carbocycles. The molecule has 0 aromatic rings. The maximum Gasteiger partial charge on any atom is 0.0964 e. The minimum Gasteiger partial charge on any atom is -0.390 e. The molecular weight excluding hydrogens is 226 g/mol.